The molecule has 0 bridgehead atoms. The SMILES string of the molecule is O=C(Nc1ccccc1)Nc1ccc(Oc2ccccc2)c(OC2CCOC2)c1. The summed E-state index contributed by atoms with van der Waals surface area (Å²) in [6.45, 7) is 1.22. The van der Waals surface area contributed by atoms with Crippen LogP contribution in [-0.4, -0.2) is 25.3 Å². The Kier molecular flexibility index (Phi) is 5.92. The van der Waals surface area contributed by atoms with Gasteiger partial charge in [0.2, 0.25) is 0 Å². The molecule has 29 heavy (non-hydrogen) atoms. The number of anilines is 2. The molecule has 6 heteroatoms. The summed E-state index contributed by atoms with van der Waals surface area (Å²) in [7, 11) is 0. The summed E-state index contributed by atoms with van der Waals surface area (Å²) in [5, 5.41) is 5.63. The zero-order chi connectivity index (χ0) is 19.9. The second-order valence-corrected chi connectivity index (χ2v) is 6.63. The van der Waals surface area contributed by atoms with Gasteiger partial charge in [0, 0.05) is 23.9 Å². The number of urea groups is 1. The molecule has 4 rings (SSSR count). The van der Waals surface area contributed by atoms with E-state index in [-0.39, 0.29) is 12.1 Å². The number of hydrogen-bond donors (Lipinski definition) is 2. The van der Waals surface area contributed by atoms with Crippen LogP contribution in [0.5, 0.6) is 17.2 Å². The van der Waals surface area contributed by atoms with Crippen LogP contribution in [0.2, 0.25) is 0 Å². The minimum absolute atomic E-state index is 0.0403. The Balaban J connectivity index is 1.51. The van der Waals surface area contributed by atoms with Crippen molar-refractivity contribution in [1.82, 2.24) is 0 Å². The summed E-state index contributed by atoms with van der Waals surface area (Å²) >= 11 is 0. The first-order valence-corrected chi connectivity index (χ1v) is 9.51. The third kappa shape index (κ3) is 5.27. The van der Waals surface area contributed by atoms with Gasteiger partial charge in [0.1, 0.15) is 11.9 Å². The fourth-order valence-electron chi connectivity index (χ4n) is 2.98. The molecule has 1 unspecified atom stereocenters. The van der Waals surface area contributed by atoms with E-state index in [2.05, 4.69) is 10.6 Å². The predicted octanol–water partition coefficient (Wildman–Crippen LogP) is 5.29. The summed E-state index contributed by atoms with van der Waals surface area (Å²) in [6.07, 6.45) is 0.776. The fourth-order valence-corrected chi connectivity index (χ4v) is 2.98. The van der Waals surface area contributed by atoms with Gasteiger partial charge in [-0.3, -0.25) is 0 Å². The van der Waals surface area contributed by atoms with Crippen molar-refractivity contribution < 1.29 is 19.0 Å². The Morgan fingerprint density at radius 2 is 1.59 bits per heavy atom. The Hall–Kier alpha value is -3.51. The molecule has 3 aromatic rings. The maximum absolute atomic E-state index is 12.3. The van der Waals surface area contributed by atoms with Gasteiger partial charge < -0.3 is 24.8 Å². The molecule has 2 N–H and O–H groups in total. The largest absolute Gasteiger partial charge is 0.484 e. The number of nitrogens with one attached hydrogen (secondary N) is 2. The van der Waals surface area contributed by atoms with Crippen LogP contribution in [0.15, 0.2) is 78.9 Å². The maximum Gasteiger partial charge on any atom is 0.323 e. The van der Waals surface area contributed by atoms with Crippen molar-refractivity contribution >= 4 is 17.4 Å². The molecule has 1 aliphatic rings. The van der Waals surface area contributed by atoms with Gasteiger partial charge in [0.05, 0.1) is 13.2 Å². The highest BCUT2D eigenvalue weighted by atomic mass is 16.6. The van der Waals surface area contributed by atoms with Crippen LogP contribution < -0.4 is 20.1 Å². The number of rotatable bonds is 6. The molecule has 6 nitrogen and oxygen atoms in total. The van der Waals surface area contributed by atoms with Crippen LogP contribution in [0, 0.1) is 0 Å². The van der Waals surface area contributed by atoms with E-state index in [0.717, 1.165) is 6.42 Å². The summed E-state index contributed by atoms with van der Waals surface area (Å²) in [4.78, 5) is 12.3. The van der Waals surface area contributed by atoms with Crippen molar-refractivity contribution in [3.8, 4) is 17.2 Å². The lowest BCUT2D eigenvalue weighted by molar-refractivity contribution is 0.139. The number of carbonyl (C=O) groups excluding carboxylic acids is 1. The number of carbonyl (C=O) groups is 1. The van der Waals surface area contributed by atoms with Gasteiger partial charge in [-0.2, -0.15) is 0 Å². The third-order valence-corrected chi connectivity index (χ3v) is 4.39. The minimum Gasteiger partial charge on any atom is -0.484 e. The second-order valence-electron chi connectivity index (χ2n) is 6.63. The van der Waals surface area contributed by atoms with E-state index in [0.29, 0.717) is 41.8 Å². The van der Waals surface area contributed by atoms with Gasteiger partial charge in [0.25, 0.3) is 0 Å². The van der Waals surface area contributed by atoms with Crippen LogP contribution in [0.3, 0.4) is 0 Å². The molecule has 1 fully saturated rings. The van der Waals surface area contributed by atoms with Gasteiger partial charge in [0.15, 0.2) is 11.5 Å². The highest BCUT2D eigenvalue weighted by molar-refractivity contribution is 5.99. The van der Waals surface area contributed by atoms with Crippen LogP contribution in [0.1, 0.15) is 6.42 Å². The topological polar surface area (TPSA) is 68.8 Å². The fraction of sp³-hybridized carbons (Fsp3) is 0.174. The Morgan fingerprint density at radius 3 is 2.31 bits per heavy atom. The van der Waals surface area contributed by atoms with E-state index in [4.69, 9.17) is 14.2 Å². The van der Waals surface area contributed by atoms with E-state index in [1.54, 1.807) is 18.2 Å². The smallest absolute Gasteiger partial charge is 0.323 e. The van der Waals surface area contributed by atoms with Crippen LogP contribution >= 0.6 is 0 Å². The van der Waals surface area contributed by atoms with Crippen LogP contribution in [0.4, 0.5) is 16.2 Å². The van der Waals surface area contributed by atoms with Crippen molar-refractivity contribution in [1.29, 1.82) is 0 Å². The molecule has 0 radical (unpaired) electrons. The Morgan fingerprint density at radius 1 is 0.862 bits per heavy atom. The second kappa shape index (κ2) is 9.12. The summed E-state index contributed by atoms with van der Waals surface area (Å²) in [5.41, 5.74) is 1.32. The van der Waals surface area contributed by atoms with E-state index >= 15 is 0 Å². The molecule has 0 spiro atoms. The monoisotopic (exact) mass is 390 g/mol. The third-order valence-electron chi connectivity index (χ3n) is 4.39. The lowest BCUT2D eigenvalue weighted by Crippen LogP contribution is -2.20. The van der Waals surface area contributed by atoms with E-state index in [1.807, 2.05) is 60.7 Å². The number of amides is 2. The van der Waals surface area contributed by atoms with Crippen molar-refractivity contribution in [2.45, 2.75) is 12.5 Å². The molecule has 1 heterocycles. The average Bonchev–Trinajstić information content (AvgIpc) is 3.24. The lowest BCUT2D eigenvalue weighted by atomic mass is 10.2. The van der Waals surface area contributed by atoms with Crippen molar-refractivity contribution in [3.05, 3.63) is 78.9 Å². The number of hydrogen-bond acceptors (Lipinski definition) is 4. The van der Waals surface area contributed by atoms with Crippen LogP contribution in [-0.2, 0) is 4.74 Å². The molecule has 1 atom stereocenters. The molecule has 1 aliphatic heterocycles. The zero-order valence-electron chi connectivity index (χ0n) is 15.8. The van der Waals surface area contributed by atoms with Crippen molar-refractivity contribution in [2.24, 2.45) is 0 Å². The number of benzene rings is 3. The summed E-state index contributed by atoms with van der Waals surface area (Å²) < 4.78 is 17.5. The Bertz CT molecular complexity index is 942. The maximum atomic E-state index is 12.3. The van der Waals surface area contributed by atoms with Gasteiger partial charge in [-0.1, -0.05) is 36.4 Å². The van der Waals surface area contributed by atoms with Gasteiger partial charge >= 0.3 is 6.03 Å². The molecule has 0 aromatic heterocycles. The molecule has 148 valence electrons. The first-order chi connectivity index (χ1) is 14.3. The highest BCUT2D eigenvalue weighted by Gasteiger charge is 2.20. The van der Waals surface area contributed by atoms with E-state index in [9.17, 15) is 4.79 Å². The lowest BCUT2D eigenvalue weighted by Gasteiger charge is -2.17. The van der Waals surface area contributed by atoms with Crippen molar-refractivity contribution in [3.63, 3.8) is 0 Å². The van der Waals surface area contributed by atoms with E-state index < -0.39 is 0 Å². The standard InChI is InChI=1S/C23H22N2O4/c26-23(24-17-7-3-1-4-8-17)25-18-11-12-21(28-19-9-5-2-6-10-19)22(15-18)29-20-13-14-27-16-20/h1-12,15,20H,13-14,16H2,(H2,24,25,26). The Labute approximate surface area is 169 Å². The molecule has 0 aliphatic carbocycles. The van der Waals surface area contributed by atoms with Gasteiger partial charge in [-0.15, -0.1) is 0 Å². The quantitative estimate of drug-likeness (QED) is 0.600. The average molecular weight is 390 g/mol. The molecule has 1 saturated heterocycles. The van der Waals surface area contributed by atoms with Gasteiger partial charge in [-0.05, 0) is 36.4 Å². The number of para-hydroxylation sites is 2. The van der Waals surface area contributed by atoms with Crippen LogP contribution in [0.25, 0.3) is 0 Å². The zero-order valence-corrected chi connectivity index (χ0v) is 15.8. The molecule has 2 amide bonds. The van der Waals surface area contributed by atoms with E-state index in [1.165, 1.54) is 0 Å². The molecule has 0 saturated carbocycles. The molecular weight excluding hydrogens is 368 g/mol. The summed E-state index contributed by atoms with van der Waals surface area (Å²) in [6, 6.07) is 23.8. The summed E-state index contributed by atoms with van der Waals surface area (Å²) in [5.74, 6) is 1.85. The first-order valence-electron chi connectivity index (χ1n) is 9.51. The highest BCUT2D eigenvalue weighted by Crippen LogP contribution is 2.35. The normalized spacial score (nSPS) is 15.5. The molecule has 3 aromatic carbocycles. The minimum atomic E-state index is -0.330. The van der Waals surface area contributed by atoms with Crippen molar-refractivity contribution in [2.75, 3.05) is 23.8 Å². The first kappa shape index (κ1) is 18.8. The number of ether oxygens (including phenoxy) is 3. The predicted molar refractivity (Wildman–Crippen MR) is 112 cm³/mol. The van der Waals surface area contributed by atoms with Gasteiger partial charge in [-0.25, -0.2) is 4.79 Å². The molecular formula is C23H22N2O4.